The Hall–Kier alpha value is -2.50. The number of hydrogen-bond donors (Lipinski definition) is 1. The van der Waals surface area contributed by atoms with Crippen LogP contribution in [-0.2, 0) is 6.42 Å². The van der Waals surface area contributed by atoms with E-state index >= 15 is 0 Å². The zero-order valence-electron chi connectivity index (χ0n) is 15.9. The molecule has 1 aromatic carbocycles. The summed E-state index contributed by atoms with van der Waals surface area (Å²) in [4.78, 5) is 24.6. The van der Waals surface area contributed by atoms with Gasteiger partial charge < -0.3 is 14.5 Å². The summed E-state index contributed by atoms with van der Waals surface area (Å²) in [7, 11) is 1.70. The first-order valence-corrected chi connectivity index (χ1v) is 9.36. The molecule has 1 aromatic heterocycles. The highest BCUT2D eigenvalue weighted by Crippen LogP contribution is 2.28. The normalized spacial score (nSPS) is 14.6. The molecule has 0 atom stereocenters. The lowest BCUT2D eigenvalue weighted by molar-refractivity contribution is 0.413. The van der Waals surface area contributed by atoms with Crippen molar-refractivity contribution in [2.24, 2.45) is 0 Å². The number of para-hydroxylation sites is 2. The topological polar surface area (TPSA) is 61.5 Å². The highest BCUT2D eigenvalue weighted by molar-refractivity contribution is 5.59. The highest BCUT2D eigenvalue weighted by Gasteiger charge is 2.21. The number of aryl methyl sites for hydroxylation is 1. The predicted molar refractivity (Wildman–Crippen MR) is 106 cm³/mol. The number of aromatic nitrogens is 2. The Kier molecular flexibility index (Phi) is 5.81. The monoisotopic (exact) mass is 356 g/mol. The molecule has 1 aliphatic rings. The van der Waals surface area contributed by atoms with Crippen molar-refractivity contribution in [3.8, 4) is 5.75 Å². The number of unbranched alkanes of at least 4 members (excludes halogenated alkanes) is 1. The van der Waals surface area contributed by atoms with Crippen molar-refractivity contribution in [1.29, 1.82) is 0 Å². The Morgan fingerprint density at radius 1 is 1.15 bits per heavy atom. The first-order chi connectivity index (χ1) is 12.6. The van der Waals surface area contributed by atoms with Gasteiger partial charge in [0.05, 0.1) is 12.8 Å². The minimum atomic E-state index is 0.00751. The van der Waals surface area contributed by atoms with Crippen molar-refractivity contribution in [3.63, 3.8) is 0 Å². The minimum absolute atomic E-state index is 0.00751. The van der Waals surface area contributed by atoms with Crippen molar-refractivity contribution >= 4 is 11.6 Å². The number of nitrogens with one attached hydrogen (secondary N) is 1. The third kappa shape index (κ3) is 3.84. The molecule has 1 saturated heterocycles. The standard InChI is InChI=1S/C20H28N4O2/c1-4-5-8-16-15(2)21-20(22-19(16)25)24-13-11-23(12-14-24)17-9-6-7-10-18(17)26-3/h6-7,9-10H,4-5,8,11-14H2,1-3H3,(H,21,22,25). The average Bonchev–Trinajstić information content (AvgIpc) is 2.67. The van der Waals surface area contributed by atoms with E-state index in [4.69, 9.17) is 4.74 Å². The molecular weight excluding hydrogens is 328 g/mol. The molecule has 2 aromatic rings. The second-order valence-corrected chi connectivity index (χ2v) is 6.70. The van der Waals surface area contributed by atoms with Gasteiger partial charge in [-0.1, -0.05) is 25.5 Å². The molecule has 6 heteroatoms. The summed E-state index contributed by atoms with van der Waals surface area (Å²) in [5.41, 5.74) is 2.79. The number of H-pyrrole nitrogens is 1. The molecule has 0 amide bonds. The van der Waals surface area contributed by atoms with Crippen LogP contribution >= 0.6 is 0 Å². The van der Waals surface area contributed by atoms with E-state index in [9.17, 15) is 4.79 Å². The van der Waals surface area contributed by atoms with E-state index in [2.05, 4.69) is 32.8 Å². The quantitative estimate of drug-likeness (QED) is 0.862. The van der Waals surface area contributed by atoms with Crippen LogP contribution in [0.5, 0.6) is 5.75 Å². The molecular formula is C20H28N4O2. The molecule has 1 N–H and O–H groups in total. The van der Waals surface area contributed by atoms with Crippen LogP contribution in [0.25, 0.3) is 0 Å². The number of nitrogens with zero attached hydrogens (tertiary/aromatic N) is 3. The van der Waals surface area contributed by atoms with Crippen LogP contribution in [0.3, 0.4) is 0 Å². The zero-order chi connectivity index (χ0) is 18.5. The lowest BCUT2D eigenvalue weighted by atomic mass is 10.1. The van der Waals surface area contributed by atoms with Crippen molar-refractivity contribution < 1.29 is 4.74 Å². The maximum Gasteiger partial charge on any atom is 0.255 e. The van der Waals surface area contributed by atoms with E-state index in [-0.39, 0.29) is 5.56 Å². The lowest BCUT2D eigenvalue weighted by Gasteiger charge is -2.36. The van der Waals surface area contributed by atoms with Crippen molar-refractivity contribution in [3.05, 3.63) is 45.9 Å². The van der Waals surface area contributed by atoms with Gasteiger partial charge in [0.1, 0.15) is 5.75 Å². The minimum Gasteiger partial charge on any atom is -0.495 e. The van der Waals surface area contributed by atoms with E-state index in [1.165, 1.54) is 0 Å². The summed E-state index contributed by atoms with van der Waals surface area (Å²) in [5, 5.41) is 0. The molecule has 0 saturated carbocycles. The molecule has 3 rings (SSSR count). The molecule has 1 aliphatic heterocycles. The average molecular weight is 356 g/mol. The smallest absolute Gasteiger partial charge is 0.255 e. The number of ether oxygens (including phenoxy) is 1. The Morgan fingerprint density at radius 3 is 2.50 bits per heavy atom. The number of methoxy groups -OCH3 is 1. The van der Waals surface area contributed by atoms with E-state index in [0.717, 1.165) is 68.1 Å². The number of benzene rings is 1. The van der Waals surface area contributed by atoms with Gasteiger partial charge >= 0.3 is 0 Å². The molecule has 6 nitrogen and oxygen atoms in total. The largest absolute Gasteiger partial charge is 0.495 e. The van der Waals surface area contributed by atoms with E-state index in [1.54, 1.807) is 7.11 Å². The van der Waals surface area contributed by atoms with E-state index in [0.29, 0.717) is 5.95 Å². The Balaban J connectivity index is 1.71. The van der Waals surface area contributed by atoms with Crippen LogP contribution in [0, 0.1) is 6.92 Å². The van der Waals surface area contributed by atoms with Gasteiger partial charge in [-0.05, 0) is 31.9 Å². The van der Waals surface area contributed by atoms with Crippen LogP contribution in [0.15, 0.2) is 29.1 Å². The van der Waals surface area contributed by atoms with Gasteiger partial charge in [-0.3, -0.25) is 9.78 Å². The van der Waals surface area contributed by atoms with Crippen molar-refractivity contribution in [2.75, 3.05) is 43.1 Å². The number of rotatable bonds is 6. The van der Waals surface area contributed by atoms with Gasteiger partial charge in [-0.25, -0.2) is 4.98 Å². The molecule has 0 bridgehead atoms. The van der Waals surface area contributed by atoms with Crippen LogP contribution < -0.4 is 20.1 Å². The Bertz CT molecular complexity index is 795. The first-order valence-electron chi connectivity index (χ1n) is 9.36. The van der Waals surface area contributed by atoms with Crippen LogP contribution in [0.4, 0.5) is 11.6 Å². The van der Waals surface area contributed by atoms with Gasteiger partial charge in [-0.15, -0.1) is 0 Å². The molecule has 26 heavy (non-hydrogen) atoms. The third-order valence-electron chi connectivity index (χ3n) is 5.00. The molecule has 0 aliphatic carbocycles. The second-order valence-electron chi connectivity index (χ2n) is 6.70. The number of hydrogen-bond acceptors (Lipinski definition) is 5. The molecule has 0 radical (unpaired) electrons. The lowest BCUT2D eigenvalue weighted by Crippen LogP contribution is -2.47. The van der Waals surface area contributed by atoms with E-state index < -0.39 is 0 Å². The zero-order valence-corrected chi connectivity index (χ0v) is 15.9. The maximum atomic E-state index is 12.4. The third-order valence-corrected chi connectivity index (χ3v) is 5.00. The van der Waals surface area contributed by atoms with Crippen LogP contribution in [0.2, 0.25) is 0 Å². The predicted octanol–water partition coefficient (Wildman–Crippen LogP) is 2.76. The summed E-state index contributed by atoms with van der Waals surface area (Å²) in [6.07, 6.45) is 2.89. The summed E-state index contributed by atoms with van der Waals surface area (Å²) in [5.74, 6) is 1.58. The summed E-state index contributed by atoms with van der Waals surface area (Å²) in [6, 6.07) is 8.08. The molecule has 0 spiro atoms. The van der Waals surface area contributed by atoms with Gasteiger partial charge in [0, 0.05) is 37.4 Å². The van der Waals surface area contributed by atoms with Gasteiger partial charge in [0.15, 0.2) is 0 Å². The first kappa shape index (κ1) is 18.3. The molecule has 2 heterocycles. The van der Waals surface area contributed by atoms with Crippen molar-refractivity contribution in [2.45, 2.75) is 33.1 Å². The van der Waals surface area contributed by atoms with E-state index in [1.807, 2.05) is 25.1 Å². The summed E-state index contributed by atoms with van der Waals surface area (Å²) >= 11 is 0. The SMILES string of the molecule is CCCCc1c(C)nc(N2CCN(c3ccccc3OC)CC2)[nH]c1=O. The van der Waals surface area contributed by atoms with Gasteiger partial charge in [-0.2, -0.15) is 0 Å². The molecule has 140 valence electrons. The van der Waals surface area contributed by atoms with Crippen LogP contribution in [0.1, 0.15) is 31.0 Å². The number of aromatic amines is 1. The summed E-state index contributed by atoms with van der Waals surface area (Å²) < 4.78 is 5.47. The molecule has 0 unspecified atom stereocenters. The van der Waals surface area contributed by atoms with Gasteiger partial charge in [0.25, 0.3) is 5.56 Å². The Morgan fingerprint density at radius 2 is 1.85 bits per heavy atom. The van der Waals surface area contributed by atoms with Gasteiger partial charge in [0.2, 0.25) is 5.95 Å². The highest BCUT2D eigenvalue weighted by atomic mass is 16.5. The Labute approximate surface area is 154 Å². The number of anilines is 2. The van der Waals surface area contributed by atoms with Crippen LogP contribution in [-0.4, -0.2) is 43.3 Å². The fraction of sp³-hybridized carbons (Fsp3) is 0.500. The fourth-order valence-corrected chi connectivity index (χ4v) is 3.44. The fourth-order valence-electron chi connectivity index (χ4n) is 3.44. The van der Waals surface area contributed by atoms with Crippen molar-refractivity contribution in [1.82, 2.24) is 9.97 Å². The summed E-state index contributed by atoms with van der Waals surface area (Å²) in [6.45, 7) is 7.42. The second kappa shape index (κ2) is 8.25. The maximum absolute atomic E-state index is 12.4. The molecule has 1 fully saturated rings. The number of piperazine rings is 1.